The van der Waals surface area contributed by atoms with E-state index in [4.69, 9.17) is 0 Å². The first-order valence-electron chi connectivity index (χ1n) is 6.77. The highest BCUT2D eigenvalue weighted by Gasteiger charge is 2.08. The van der Waals surface area contributed by atoms with Gasteiger partial charge < -0.3 is 0 Å². The fourth-order valence-electron chi connectivity index (χ4n) is 2.32. The summed E-state index contributed by atoms with van der Waals surface area (Å²) in [5, 5.41) is 0. The molecule has 0 aliphatic heterocycles. The molecule has 0 N–H and O–H groups in total. The number of rotatable bonds is 4. The molecule has 0 heteroatoms. The molecule has 1 fully saturated rings. The van der Waals surface area contributed by atoms with Crippen molar-refractivity contribution in [1.82, 2.24) is 0 Å². The van der Waals surface area contributed by atoms with Crippen LogP contribution in [0.25, 0.3) is 0 Å². The molecule has 0 nitrogen and oxygen atoms in total. The van der Waals surface area contributed by atoms with Gasteiger partial charge in [-0.2, -0.15) is 0 Å². The van der Waals surface area contributed by atoms with Crippen LogP contribution in [0.5, 0.6) is 0 Å². The van der Waals surface area contributed by atoms with E-state index in [2.05, 4.69) is 26.0 Å². The second-order valence-electron chi connectivity index (χ2n) is 4.57. The average Bonchev–Trinajstić information content (AvgIpc) is 2.45. The number of hydrogen-bond donors (Lipinski definition) is 0. The SMILES string of the molecule is CC/C=C1\CCCCC\C1=C\CCCC. The molecule has 1 aliphatic carbocycles. The highest BCUT2D eigenvalue weighted by molar-refractivity contribution is 5.31. The van der Waals surface area contributed by atoms with Gasteiger partial charge in [-0.05, 0) is 49.7 Å². The Morgan fingerprint density at radius 3 is 2.20 bits per heavy atom. The molecule has 1 aliphatic rings. The van der Waals surface area contributed by atoms with Gasteiger partial charge in [0, 0.05) is 0 Å². The maximum absolute atomic E-state index is 2.51. The summed E-state index contributed by atoms with van der Waals surface area (Å²) in [4.78, 5) is 0. The van der Waals surface area contributed by atoms with Crippen molar-refractivity contribution in [3.8, 4) is 0 Å². The average molecular weight is 206 g/mol. The van der Waals surface area contributed by atoms with E-state index in [1.165, 1.54) is 57.8 Å². The zero-order valence-electron chi connectivity index (χ0n) is 10.5. The lowest BCUT2D eigenvalue weighted by Gasteiger charge is -2.08. The third kappa shape index (κ3) is 4.68. The Kier molecular flexibility index (Phi) is 6.47. The van der Waals surface area contributed by atoms with Crippen molar-refractivity contribution in [3.05, 3.63) is 23.3 Å². The molecule has 0 atom stereocenters. The molecule has 0 heterocycles. The summed E-state index contributed by atoms with van der Waals surface area (Å²) < 4.78 is 0. The summed E-state index contributed by atoms with van der Waals surface area (Å²) in [5.74, 6) is 0. The standard InChI is InChI=1S/C15H26/c1-3-5-7-11-15-13-9-6-8-12-14(15)10-4-2/h10-11H,3-9,12-13H2,1-2H3/b14-10+,15-11-. The van der Waals surface area contributed by atoms with Crippen LogP contribution < -0.4 is 0 Å². The number of allylic oxidation sites excluding steroid dienone is 4. The monoisotopic (exact) mass is 206 g/mol. The third-order valence-electron chi connectivity index (χ3n) is 3.20. The molecule has 0 saturated heterocycles. The molecule has 0 bridgehead atoms. The predicted octanol–water partition coefficient (Wildman–Crippen LogP) is 5.40. The van der Waals surface area contributed by atoms with E-state index >= 15 is 0 Å². The van der Waals surface area contributed by atoms with Crippen LogP contribution >= 0.6 is 0 Å². The lowest BCUT2D eigenvalue weighted by molar-refractivity contribution is 0.718. The van der Waals surface area contributed by atoms with Crippen molar-refractivity contribution in [3.63, 3.8) is 0 Å². The molecule has 0 unspecified atom stereocenters. The Morgan fingerprint density at radius 2 is 1.60 bits per heavy atom. The Hall–Kier alpha value is -0.520. The lowest BCUT2D eigenvalue weighted by Crippen LogP contribution is -1.88. The lowest BCUT2D eigenvalue weighted by atomic mass is 9.98. The van der Waals surface area contributed by atoms with Crippen molar-refractivity contribution in [2.75, 3.05) is 0 Å². The normalized spacial score (nSPS) is 23.3. The smallest absolute Gasteiger partial charge is 0.0279 e. The van der Waals surface area contributed by atoms with Crippen LogP contribution in [0.15, 0.2) is 23.3 Å². The fraction of sp³-hybridized carbons (Fsp3) is 0.733. The highest BCUT2D eigenvalue weighted by atomic mass is 14.1. The van der Waals surface area contributed by atoms with Crippen molar-refractivity contribution < 1.29 is 0 Å². The van der Waals surface area contributed by atoms with Gasteiger partial charge in [-0.3, -0.25) is 0 Å². The van der Waals surface area contributed by atoms with E-state index in [9.17, 15) is 0 Å². The quantitative estimate of drug-likeness (QED) is 0.426. The number of hydrogen-bond acceptors (Lipinski definition) is 0. The van der Waals surface area contributed by atoms with Crippen LogP contribution in [-0.4, -0.2) is 0 Å². The van der Waals surface area contributed by atoms with Crippen LogP contribution in [0.2, 0.25) is 0 Å². The Bertz CT molecular complexity index is 220. The van der Waals surface area contributed by atoms with E-state index in [0.29, 0.717) is 0 Å². The van der Waals surface area contributed by atoms with Gasteiger partial charge in [-0.1, -0.05) is 45.3 Å². The topological polar surface area (TPSA) is 0 Å². The van der Waals surface area contributed by atoms with Gasteiger partial charge in [0.05, 0.1) is 0 Å². The van der Waals surface area contributed by atoms with Gasteiger partial charge in [0.1, 0.15) is 0 Å². The number of unbranched alkanes of at least 4 members (excludes halogenated alkanes) is 2. The van der Waals surface area contributed by atoms with Crippen molar-refractivity contribution in [2.24, 2.45) is 0 Å². The Labute approximate surface area is 95.5 Å². The fourth-order valence-corrected chi connectivity index (χ4v) is 2.32. The minimum atomic E-state index is 1.19. The van der Waals surface area contributed by atoms with Crippen molar-refractivity contribution in [1.29, 1.82) is 0 Å². The maximum atomic E-state index is 2.51. The van der Waals surface area contributed by atoms with E-state index < -0.39 is 0 Å². The molecular weight excluding hydrogens is 180 g/mol. The third-order valence-corrected chi connectivity index (χ3v) is 3.20. The summed E-state index contributed by atoms with van der Waals surface area (Å²) >= 11 is 0. The zero-order chi connectivity index (χ0) is 10.9. The van der Waals surface area contributed by atoms with Crippen molar-refractivity contribution >= 4 is 0 Å². The van der Waals surface area contributed by atoms with Crippen LogP contribution in [0.3, 0.4) is 0 Å². The van der Waals surface area contributed by atoms with Gasteiger partial charge in [-0.25, -0.2) is 0 Å². The first-order valence-corrected chi connectivity index (χ1v) is 6.77. The predicted molar refractivity (Wildman–Crippen MR) is 69.1 cm³/mol. The van der Waals surface area contributed by atoms with Gasteiger partial charge in [0.15, 0.2) is 0 Å². The summed E-state index contributed by atoms with van der Waals surface area (Å²) in [6, 6.07) is 0. The Balaban J connectivity index is 2.61. The van der Waals surface area contributed by atoms with E-state index in [1.807, 2.05) is 0 Å². The molecular formula is C15H26. The molecule has 15 heavy (non-hydrogen) atoms. The first kappa shape index (κ1) is 12.5. The molecule has 0 aromatic rings. The first-order chi connectivity index (χ1) is 7.38. The molecule has 0 radical (unpaired) electrons. The molecule has 0 spiro atoms. The minimum Gasteiger partial charge on any atom is -0.0813 e. The molecule has 1 saturated carbocycles. The van der Waals surface area contributed by atoms with Crippen LogP contribution in [-0.2, 0) is 0 Å². The summed E-state index contributed by atoms with van der Waals surface area (Å²) in [6.07, 6.45) is 17.0. The van der Waals surface area contributed by atoms with E-state index in [1.54, 1.807) is 11.1 Å². The van der Waals surface area contributed by atoms with E-state index in [0.717, 1.165) is 0 Å². The maximum Gasteiger partial charge on any atom is -0.0279 e. The van der Waals surface area contributed by atoms with Gasteiger partial charge in [0.2, 0.25) is 0 Å². The molecule has 0 amide bonds. The molecule has 0 aromatic heterocycles. The van der Waals surface area contributed by atoms with Gasteiger partial charge in [-0.15, -0.1) is 0 Å². The van der Waals surface area contributed by atoms with Crippen molar-refractivity contribution in [2.45, 2.75) is 71.6 Å². The summed E-state index contributed by atoms with van der Waals surface area (Å²) in [7, 11) is 0. The van der Waals surface area contributed by atoms with E-state index in [-0.39, 0.29) is 0 Å². The molecule has 1 rings (SSSR count). The second kappa shape index (κ2) is 7.73. The van der Waals surface area contributed by atoms with Crippen LogP contribution in [0, 0.1) is 0 Å². The summed E-state index contributed by atoms with van der Waals surface area (Å²) in [6.45, 7) is 4.52. The van der Waals surface area contributed by atoms with Crippen LogP contribution in [0.4, 0.5) is 0 Å². The van der Waals surface area contributed by atoms with Gasteiger partial charge >= 0.3 is 0 Å². The second-order valence-corrected chi connectivity index (χ2v) is 4.57. The minimum absolute atomic E-state index is 1.19. The largest absolute Gasteiger partial charge is 0.0813 e. The summed E-state index contributed by atoms with van der Waals surface area (Å²) in [5.41, 5.74) is 3.33. The molecule has 86 valence electrons. The van der Waals surface area contributed by atoms with Gasteiger partial charge in [0.25, 0.3) is 0 Å². The molecule has 0 aromatic carbocycles. The van der Waals surface area contributed by atoms with Crippen LogP contribution in [0.1, 0.15) is 71.6 Å². The highest BCUT2D eigenvalue weighted by Crippen LogP contribution is 2.28. The zero-order valence-corrected chi connectivity index (χ0v) is 10.5. The Morgan fingerprint density at radius 1 is 0.933 bits per heavy atom.